The number of nitrogens with zero attached hydrogens (tertiary/aromatic N) is 2. The van der Waals surface area contributed by atoms with Gasteiger partial charge in [0.05, 0.1) is 11.7 Å². The zero-order chi connectivity index (χ0) is 23.7. The van der Waals surface area contributed by atoms with Gasteiger partial charge in [0, 0.05) is 58.1 Å². The van der Waals surface area contributed by atoms with Crippen LogP contribution in [0.2, 0.25) is 0 Å². The summed E-state index contributed by atoms with van der Waals surface area (Å²) in [6, 6.07) is 12.6. The third-order valence-electron chi connectivity index (χ3n) is 7.13. The molecule has 1 spiro atoms. The lowest BCUT2D eigenvalue weighted by Crippen LogP contribution is -2.49. The number of carbonyl (C=O) groups excluding carboxylic acids is 1. The first kappa shape index (κ1) is 23.0. The Hall–Kier alpha value is -2.81. The Balaban J connectivity index is 1.13. The molecule has 0 radical (unpaired) electrons. The van der Waals surface area contributed by atoms with E-state index in [2.05, 4.69) is 11.0 Å². The Bertz CT molecular complexity index is 1010. The van der Waals surface area contributed by atoms with Gasteiger partial charge in [0.15, 0.2) is 0 Å². The molecule has 3 N–H and O–H groups in total. The molecule has 182 valence electrons. The third kappa shape index (κ3) is 4.85. The minimum Gasteiger partial charge on any atom is -0.508 e. The van der Waals surface area contributed by atoms with Gasteiger partial charge in [0.25, 0.3) is 5.91 Å². The molecular formula is C26H32N2O6. The molecule has 2 aromatic rings. The highest BCUT2D eigenvalue weighted by Gasteiger charge is 2.42. The van der Waals surface area contributed by atoms with E-state index in [1.165, 1.54) is 23.8 Å². The zero-order valence-electron chi connectivity index (χ0n) is 19.2. The van der Waals surface area contributed by atoms with E-state index in [9.17, 15) is 20.1 Å². The van der Waals surface area contributed by atoms with Gasteiger partial charge in [-0.3, -0.25) is 4.79 Å². The van der Waals surface area contributed by atoms with E-state index in [1.54, 1.807) is 4.90 Å². The monoisotopic (exact) mass is 468 g/mol. The van der Waals surface area contributed by atoms with Crippen LogP contribution in [0.15, 0.2) is 42.5 Å². The number of rotatable bonds is 6. The molecule has 0 saturated carbocycles. The standard InChI is InChI=1S/C26H32N2O6/c29-19-5-6-22(25(32)28-10-7-20(30)16-28)24(13-19)33-17-21(31)15-27-11-8-26(9-12-27)14-18-3-1-2-4-23(18)34-26/h1-6,13,20-21,29-31H,7-12,14-17H2/t20-,21+/m0/s1. The van der Waals surface area contributed by atoms with Gasteiger partial charge in [0.2, 0.25) is 0 Å². The number of amides is 1. The van der Waals surface area contributed by atoms with Gasteiger partial charge in [-0.15, -0.1) is 0 Å². The molecule has 0 aliphatic carbocycles. The van der Waals surface area contributed by atoms with E-state index in [-0.39, 0.29) is 36.2 Å². The lowest BCUT2D eigenvalue weighted by atomic mass is 9.87. The van der Waals surface area contributed by atoms with E-state index in [0.717, 1.165) is 38.1 Å². The van der Waals surface area contributed by atoms with E-state index in [0.29, 0.717) is 25.1 Å². The van der Waals surface area contributed by atoms with Crippen molar-refractivity contribution in [3.05, 3.63) is 53.6 Å². The molecule has 3 heterocycles. The van der Waals surface area contributed by atoms with Gasteiger partial charge in [-0.25, -0.2) is 0 Å². The maximum atomic E-state index is 12.9. The number of phenols is 1. The summed E-state index contributed by atoms with van der Waals surface area (Å²) < 4.78 is 12.1. The molecule has 2 aromatic carbocycles. The first-order chi connectivity index (χ1) is 16.4. The van der Waals surface area contributed by atoms with E-state index in [1.807, 2.05) is 18.2 Å². The van der Waals surface area contributed by atoms with Gasteiger partial charge in [0.1, 0.15) is 35.6 Å². The van der Waals surface area contributed by atoms with Crippen LogP contribution in [0.4, 0.5) is 0 Å². The van der Waals surface area contributed by atoms with Gasteiger partial charge in [-0.1, -0.05) is 18.2 Å². The van der Waals surface area contributed by atoms with Crippen molar-refractivity contribution in [1.82, 2.24) is 9.80 Å². The van der Waals surface area contributed by atoms with Crippen LogP contribution >= 0.6 is 0 Å². The number of para-hydroxylation sites is 1. The first-order valence-electron chi connectivity index (χ1n) is 12.0. The zero-order valence-corrected chi connectivity index (χ0v) is 19.2. The van der Waals surface area contributed by atoms with Crippen molar-refractivity contribution in [3.8, 4) is 17.2 Å². The smallest absolute Gasteiger partial charge is 0.257 e. The molecule has 5 rings (SSSR count). The van der Waals surface area contributed by atoms with Crippen molar-refractivity contribution < 1.29 is 29.6 Å². The summed E-state index contributed by atoms with van der Waals surface area (Å²) in [4.78, 5) is 16.7. The number of carbonyl (C=O) groups is 1. The van der Waals surface area contributed by atoms with Gasteiger partial charge < -0.3 is 34.6 Å². The fourth-order valence-corrected chi connectivity index (χ4v) is 5.23. The molecule has 0 aromatic heterocycles. The second-order valence-corrected chi connectivity index (χ2v) is 9.71. The van der Waals surface area contributed by atoms with E-state index < -0.39 is 12.2 Å². The summed E-state index contributed by atoms with van der Waals surface area (Å²) in [5, 5.41) is 30.3. The van der Waals surface area contributed by atoms with Crippen LogP contribution in [0.25, 0.3) is 0 Å². The van der Waals surface area contributed by atoms with Crippen molar-refractivity contribution in [2.24, 2.45) is 0 Å². The predicted octanol–water partition coefficient (Wildman–Crippen LogP) is 1.81. The van der Waals surface area contributed by atoms with E-state index in [4.69, 9.17) is 9.47 Å². The maximum absolute atomic E-state index is 12.9. The lowest BCUT2D eigenvalue weighted by molar-refractivity contribution is -0.00202. The highest BCUT2D eigenvalue weighted by molar-refractivity contribution is 5.97. The predicted molar refractivity (Wildman–Crippen MR) is 125 cm³/mol. The number of hydrogen-bond acceptors (Lipinski definition) is 7. The van der Waals surface area contributed by atoms with Crippen LogP contribution in [-0.2, 0) is 6.42 Å². The summed E-state index contributed by atoms with van der Waals surface area (Å²) in [5.41, 5.74) is 1.45. The largest absolute Gasteiger partial charge is 0.508 e. The van der Waals surface area contributed by atoms with Crippen molar-refractivity contribution in [1.29, 1.82) is 0 Å². The summed E-state index contributed by atoms with van der Waals surface area (Å²) in [6.45, 7) is 2.90. The molecule has 8 heteroatoms. The number of likely N-dealkylation sites (tertiary alicyclic amines) is 2. The average molecular weight is 469 g/mol. The lowest BCUT2D eigenvalue weighted by Gasteiger charge is -2.39. The van der Waals surface area contributed by atoms with Crippen molar-refractivity contribution >= 4 is 5.91 Å². The normalized spacial score (nSPS) is 22.4. The van der Waals surface area contributed by atoms with Crippen LogP contribution in [0.5, 0.6) is 17.2 Å². The van der Waals surface area contributed by atoms with Gasteiger partial charge >= 0.3 is 0 Å². The van der Waals surface area contributed by atoms with Gasteiger partial charge in [-0.2, -0.15) is 0 Å². The second-order valence-electron chi connectivity index (χ2n) is 9.71. The number of phenolic OH excluding ortho intramolecular Hbond substituents is 1. The topological polar surface area (TPSA) is 103 Å². The van der Waals surface area contributed by atoms with Crippen LogP contribution in [0.1, 0.15) is 35.2 Å². The molecule has 2 saturated heterocycles. The number of ether oxygens (including phenoxy) is 2. The van der Waals surface area contributed by atoms with Crippen LogP contribution in [0.3, 0.4) is 0 Å². The molecular weight excluding hydrogens is 436 g/mol. The van der Waals surface area contributed by atoms with Crippen LogP contribution in [-0.4, -0.2) is 88.2 Å². The SMILES string of the molecule is O=C(c1ccc(O)cc1OC[C@H](O)CN1CCC2(CC1)Cc1ccccc1O2)N1CC[C@H](O)C1. The fourth-order valence-electron chi connectivity index (χ4n) is 5.23. The Morgan fingerprint density at radius 3 is 2.71 bits per heavy atom. The Morgan fingerprint density at radius 2 is 1.97 bits per heavy atom. The molecule has 1 amide bonds. The summed E-state index contributed by atoms with van der Waals surface area (Å²) in [7, 11) is 0. The molecule has 8 nitrogen and oxygen atoms in total. The number of fused-ring (bicyclic) bond motifs is 1. The molecule has 3 aliphatic rings. The highest BCUT2D eigenvalue weighted by atomic mass is 16.5. The molecule has 2 atom stereocenters. The molecule has 2 fully saturated rings. The summed E-state index contributed by atoms with van der Waals surface area (Å²) in [5.74, 6) is 0.964. The molecule has 0 unspecified atom stereocenters. The third-order valence-corrected chi connectivity index (χ3v) is 7.13. The van der Waals surface area contributed by atoms with Gasteiger partial charge in [-0.05, 0) is 30.2 Å². The fraction of sp³-hybridized carbons (Fsp3) is 0.500. The summed E-state index contributed by atoms with van der Waals surface area (Å²) in [6.07, 6.45) is 2.04. The molecule has 0 bridgehead atoms. The molecule has 34 heavy (non-hydrogen) atoms. The minimum atomic E-state index is -0.741. The number of piperidine rings is 1. The van der Waals surface area contributed by atoms with Crippen LogP contribution in [0, 0.1) is 0 Å². The minimum absolute atomic E-state index is 0.00986. The van der Waals surface area contributed by atoms with Crippen LogP contribution < -0.4 is 9.47 Å². The van der Waals surface area contributed by atoms with Crippen molar-refractivity contribution in [3.63, 3.8) is 0 Å². The van der Waals surface area contributed by atoms with Crippen molar-refractivity contribution in [2.75, 3.05) is 39.3 Å². The maximum Gasteiger partial charge on any atom is 0.257 e. The number of aliphatic hydroxyl groups excluding tert-OH is 2. The number of benzene rings is 2. The number of β-amino-alcohol motifs (C(OH)–C–C–N with tert-alkyl or cyclic N) is 2. The number of aliphatic hydroxyl groups is 2. The van der Waals surface area contributed by atoms with E-state index >= 15 is 0 Å². The average Bonchev–Trinajstić information content (AvgIpc) is 3.42. The van der Waals surface area contributed by atoms with Crippen molar-refractivity contribution in [2.45, 2.75) is 43.5 Å². The Morgan fingerprint density at radius 1 is 1.18 bits per heavy atom. The summed E-state index contributed by atoms with van der Waals surface area (Å²) >= 11 is 0. The quantitative estimate of drug-likeness (QED) is 0.594. The first-order valence-corrected chi connectivity index (χ1v) is 12.0. The highest BCUT2D eigenvalue weighted by Crippen LogP contribution is 2.40. The Kier molecular flexibility index (Phi) is 6.38. The second kappa shape index (κ2) is 9.44. The molecule has 3 aliphatic heterocycles. The number of aromatic hydroxyl groups is 1. The Labute approximate surface area is 199 Å². The number of hydrogen-bond donors (Lipinski definition) is 3.